The molecule has 0 radical (unpaired) electrons. The zero-order valence-electron chi connectivity index (χ0n) is 19.0. The van der Waals surface area contributed by atoms with Gasteiger partial charge in [-0.2, -0.15) is 0 Å². The molecule has 7 nitrogen and oxygen atoms in total. The van der Waals surface area contributed by atoms with E-state index in [-0.39, 0.29) is 58.8 Å². The molecular weight excluding hydrogens is 473 g/mol. The van der Waals surface area contributed by atoms with Gasteiger partial charge in [0.15, 0.2) is 5.78 Å². The van der Waals surface area contributed by atoms with Crippen LogP contribution in [-0.4, -0.2) is 45.4 Å². The number of rotatable bonds is 7. The van der Waals surface area contributed by atoms with Crippen LogP contribution in [0.3, 0.4) is 0 Å². The second kappa shape index (κ2) is 8.92. The number of halogens is 2. The molecule has 1 aliphatic heterocycles. The van der Waals surface area contributed by atoms with Gasteiger partial charge in [-0.05, 0) is 43.9 Å². The number of likely N-dealkylation sites (tertiary alicyclic amines) is 1. The minimum Gasteiger partial charge on any atom is -0.350 e. The van der Waals surface area contributed by atoms with Crippen molar-refractivity contribution in [3.8, 4) is 0 Å². The van der Waals surface area contributed by atoms with Gasteiger partial charge in [-0.15, -0.1) is 0 Å². The summed E-state index contributed by atoms with van der Waals surface area (Å²) in [5.74, 6) is -1.09. The largest absolute Gasteiger partial charge is 0.350 e. The number of hydrogen-bond acceptors (Lipinski definition) is 4. The lowest BCUT2D eigenvalue weighted by Crippen LogP contribution is -2.48. The van der Waals surface area contributed by atoms with Gasteiger partial charge < -0.3 is 14.8 Å². The number of aromatic nitrogens is 1. The number of hydrogen-bond donors (Lipinski definition) is 1. The highest BCUT2D eigenvalue weighted by atomic mass is 35.5. The molecule has 0 bridgehead atoms. The summed E-state index contributed by atoms with van der Waals surface area (Å²) in [5, 5.41) is 3.29. The van der Waals surface area contributed by atoms with Crippen molar-refractivity contribution >= 4 is 46.4 Å². The lowest BCUT2D eigenvalue weighted by atomic mass is 10.1. The summed E-state index contributed by atoms with van der Waals surface area (Å²) in [5.41, 5.74) is 1.64. The second-order valence-corrected chi connectivity index (χ2v) is 9.58. The van der Waals surface area contributed by atoms with Gasteiger partial charge in [0.2, 0.25) is 11.8 Å². The van der Waals surface area contributed by atoms with Gasteiger partial charge in [-0.25, -0.2) is 4.39 Å². The van der Waals surface area contributed by atoms with Crippen molar-refractivity contribution in [2.75, 3.05) is 0 Å². The van der Waals surface area contributed by atoms with Gasteiger partial charge in [0.1, 0.15) is 24.7 Å². The normalized spacial score (nSPS) is 20.5. The molecule has 9 heteroatoms. The maximum absolute atomic E-state index is 14.4. The van der Waals surface area contributed by atoms with Crippen LogP contribution in [0.4, 0.5) is 4.39 Å². The topological polar surface area (TPSA) is 88.5 Å². The average molecular weight is 496 g/mol. The zero-order chi connectivity index (χ0) is 24.9. The number of para-hydroxylation sites is 1. The fourth-order valence-corrected chi connectivity index (χ4v) is 5.35. The highest BCUT2D eigenvalue weighted by molar-refractivity contribution is 6.31. The summed E-state index contributed by atoms with van der Waals surface area (Å²) in [6, 6.07) is 9.32. The molecule has 35 heavy (non-hydrogen) atoms. The van der Waals surface area contributed by atoms with Crippen LogP contribution in [-0.2, 0) is 22.7 Å². The minimum atomic E-state index is -0.694. The molecule has 2 aliphatic rings. The molecule has 1 saturated heterocycles. The van der Waals surface area contributed by atoms with Crippen molar-refractivity contribution in [1.29, 1.82) is 0 Å². The number of ketones is 1. The van der Waals surface area contributed by atoms with E-state index in [1.165, 1.54) is 19.1 Å². The summed E-state index contributed by atoms with van der Waals surface area (Å²) in [6.07, 6.45) is 3.65. The Bertz CT molecular complexity index is 1380. The zero-order valence-corrected chi connectivity index (χ0v) is 19.7. The van der Waals surface area contributed by atoms with Crippen molar-refractivity contribution < 1.29 is 23.6 Å². The van der Waals surface area contributed by atoms with E-state index < -0.39 is 11.9 Å². The van der Waals surface area contributed by atoms with Gasteiger partial charge in [0.05, 0.1) is 5.02 Å². The summed E-state index contributed by atoms with van der Waals surface area (Å²) in [7, 11) is 0. The number of amides is 2. The van der Waals surface area contributed by atoms with Crippen LogP contribution >= 0.6 is 11.6 Å². The predicted molar refractivity (Wildman–Crippen MR) is 128 cm³/mol. The van der Waals surface area contributed by atoms with E-state index in [1.54, 1.807) is 15.7 Å². The highest BCUT2D eigenvalue weighted by Crippen LogP contribution is 2.48. The van der Waals surface area contributed by atoms with Crippen LogP contribution in [0.1, 0.15) is 46.0 Å². The Morgan fingerprint density at radius 2 is 1.97 bits per heavy atom. The minimum absolute atomic E-state index is 0.00636. The van der Waals surface area contributed by atoms with E-state index in [1.807, 2.05) is 24.3 Å². The Labute approximate surface area is 205 Å². The molecule has 2 aromatic carbocycles. The summed E-state index contributed by atoms with van der Waals surface area (Å²) in [4.78, 5) is 51.2. The number of nitrogens with zero attached hydrogens (tertiary/aromatic N) is 2. The number of benzene rings is 2. The third-order valence-corrected chi connectivity index (χ3v) is 7.16. The lowest BCUT2D eigenvalue weighted by Gasteiger charge is -2.27. The quantitative estimate of drug-likeness (QED) is 0.399. The third kappa shape index (κ3) is 4.23. The first kappa shape index (κ1) is 23.2. The molecule has 1 N–H and O–H groups in total. The van der Waals surface area contributed by atoms with Crippen LogP contribution in [0.5, 0.6) is 0 Å². The SMILES string of the molecule is CC(=O)c1cn(CC(=O)N2[C@@H]3CC3C[C@H]2C(=O)NCc2cc(C=O)cc(Cl)c2F)c2ccccc12. The number of piperidine rings is 1. The lowest BCUT2D eigenvalue weighted by molar-refractivity contribution is -0.140. The summed E-state index contributed by atoms with van der Waals surface area (Å²) in [6.45, 7) is 1.35. The van der Waals surface area contributed by atoms with Crippen molar-refractivity contribution in [3.05, 3.63) is 70.1 Å². The van der Waals surface area contributed by atoms with Crippen molar-refractivity contribution in [2.45, 2.75) is 44.9 Å². The van der Waals surface area contributed by atoms with Crippen molar-refractivity contribution in [1.82, 2.24) is 14.8 Å². The Morgan fingerprint density at radius 1 is 1.20 bits per heavy atom. The first-order valence-electron chi connectivity index (χ1n) is 11.4. The van der Waals surface area contributed by atoms with E-state index in [4.69, 9.17) is 11.6 Å². The van der Waals surface area contributed by atoms with Crippen molar-refractivity contribution in [3.63, 3.8) is 0 Å². The van der Waals surface area contributed by atoms with Gasteiger partial charge in [-0.3, -0.25) is 19.2 Å². The molecule has 1 aliphatic carbocycles. The smallest absolute Gasteiger partial charge is 0.243 e. The van der Waals surface area contributed by atoms with Gasteiger partial charge in [-0.1, -0.05) is 29.8 Å². The Kier molecular flexibility index (Phi) is 5.92. The molecular formula is C26H23ClFN3O4. The summed E-state index contributed by atoms with van der Waals surface area (Å²) >= 11 is 5.85. The number of Topliss-reactive ketones (excluding diaryl/α,β-unsaturated/α-hetero) is 1. The van der Waals surface area contributed by atoms with E-state index >= 15 is 0 Å². The number of aldehydes is 1. The molecule has 2 heterocycles. The van der Waals surface area contributed by atoms with Crippen LogP contribution in [0.15, 0.2) is 42.6 Å². The summed E-state index contributed by atoms with van der Waals surface area (Å²) < 4.78 is 16.1. The monoisotopic (exact) mass is 495 g/mol. The molecule has 1 aromatic heterocycles. The molecule has 3 atom stereocenters. The van der Waals surface area contributed by atoms with E-state index in [2.05, 4.69) is 5.32 Å². The standard InChI is InChI=1S/C26H23ClFN3O4/c1-14(33)19-11-30(21-5-3-2-4-18(19)21)12-24(34)31-22-8-16(22)9-23(31)26(35)29-10-17-6-15(13-32)7-20(27)25(17)28/h2-7,11,13,16,22-23H,8-10,12H2,1H3,(H,29,35)/t16?,22-,23+/m1/s1. The highest BCUT2D eigenvalue weighted by Gasteiger charge is 2.55. The van der Waals surface area contributed by atoms with Crippen LogP contribution in [0.25, 0.3) is 10.9 Å². The number of carbonyl (C=O) groups is 4. The van der Waals surface area contributed by atoms with Crippen molar-refractivity contribution in [2.24, 2.45) is 5.92 Å². The first-order valence-corrected chi connectivity index (χ1v) is 11.8. The molecule has 1 saturated carbocycles. The van der Waals surface area contributed by atoms with Crippen LogP contribution in [0, 0.1) is 11.7 Å². The molecule has 0 spiro atoms. The number of fused-ring (bicyclic) bond motifs is 2. The van der Waals surface area contributed by atoms with Crippen LogP contribution in [0.2, 0.25) is 5.02 Å². The number of carbonyl (C=O) groups excluding carboxylic acids is 4. The van der Waals surface area contributed by atoms with Crippen LogP contribution < -0.4 is 5.32 Å². The number of nitrogens with one attached hydrogen (secondary N) is 1. The van der Waals surface area contributed by atoms with Gasteiger partial charge in [0.25, 0.3) is 0 Å². The first-order chi connectivity index (χ1) is 16.8. The predicted octanol–water partition coefficient (Wildman–Crippen LogP) is 3.75. The average Bonchev–Trinajstić information content (AvgIpc) is 3.34. The Morgan fingerprint density at radius 3 is 2.71 bits per heavy atom. The molecule has 1 unspecified atom stereocenters. The molecule has 5 rings (SSSR count). The van der Waals surface area contributed by atoms with E-state index in [9.17, 15) is 23.6 Å². The Balaban J connectivity index is 1.33. The molecule has 2 fully saturated rings. The molecule has 180 valence electrons. The maximum Gasteiger partial charge on any atom is 0.243 e. The fourth-order valence-electron chi connectivity index (χ4n) is 5.10. The van der Waals surface area contributed by atoms with E-state index in [0.29, 0.717) is 18.3 Å². The molecule has 2 amide bonds. The van der Waals surface area contributed by atoms with Gasteiger partial charge >= 0.3 is 0 Å². The van der Waals surface area contributed by atoms with Gasteiger partial charge in [0, 0.05) is 46.4 Å². The molecule has 3 aromatic rings. The van der Waals surface area contributed by atoms with E-state index in [0.717, 1.165) is 17.3 Å². The fraction of sp³-hybridized carbons (Fsp3) is 0.308. The maximum atomic E-state index is 14.4. The second-order valence-electron chi connectivity index (χ2n) is 9.17. The third-order valence-electron chi connectivity index (χ3n) is 6.88. The Hall–Kier alpha value is -3.52.